The van der Waals surface area contributed by atoms with E-state index in [0.717, 1.165) is 12.5 Å². The third-order valence-electron chi connectivity index (χ3n) is 3.41. The van der Waals surface area contributed by atoms with Crippen LogP contribution in [0.3, 0.4) is 0 Å². The summed E-state index contributed by atoms with van der Waals surface area (Å²) < 4.78 is 5.65. The first-order valence-corrected chi connectivity index (χ1v) is 6.00. The minimum Gasteiger partial charge on any atom is -0.380 e. The van der Waals surface area contributed by atoms with Crippen LogP contribution in [0.25, 0.3) is 0 Å². The fourth-order valence-corrected chi connectivity index (χ4v) is 2.19. The van der Waals surface area contributed by atoms with Gasteiger partial charge in [-0.15, -0.1) is 0 Å². The molecule has 0 amide bonds. The van der Waals surface area contributed by atoms with E-state index in [9.17, 15) is 0 Å². The van der Waals surface area contributed by atoms with Crippen LogP contribution in [0.1, 0.15) is 40.0 Å². The molecule has 0 aromatic rings. The number of ether oxygens (including phenoxy) is 1. The Labute approximate surface area is 88.4 Å². The molecule has 14 heavy (non-hydrogen) atoms. The molecule has 2 heteroatoms. The lowest BCUT2D eigenvalue weighted by Gasteiger charge is -2.31. The van der Waals surface area contributed by atoms with Gasteiger partial charge in [0.15, 0.2) is 0 Å². The number of methoxy groups -OCH3 is 1. The highest BCUT2D eigenvalue weighted by molar-refractivity contribution is 4.92. The van der Waals surface area contributed by atoms with Gasteiger partial charge in [-0.1, -0.05) is 27.2 Å². The Morgan fingerprint density at radius 2 is 2.00 bits per heavy atom. The number of rotatable bonds is 7. The molecule has 1 saturated carbocycles. The summed E-state index contributed by atoms with van der Waals surface area (Å²) in [5.74, 6) is 1.53. The quantitative estimate of drug-likeness (QED) is 0.680. The summed E-state index contributed by atoms with van der Waals surface area (Å²) in [6, 6.07) is 0.544. The van der Waals surface area contributed by atoms with Gasteiger partial charge >= 0.3 is 0 Å². The van der Waals surface area contributed by atoms with Crippen LogP contribution in [-0.4, -0.2) is 25.8 Å². The van der Waals surface area contributed by atoms with Crippen LogP contribution < -0.4 is 5.32 Å². The molecule has 0 bridgehead atoms. The zero-order valence-electron chi connectivity index (χ0n) is 10.0. The molecule has 1 aliphatic carbocycles. The van der Waals surface area contributed by atoms with Crippen LogP contribution in [0, 0.1) is 11.8 Å². The fourth-order valence-electron chi connectivity index (χ4n) is 2.19. The molecule has 0 heterocycles. The highest BCUT2D eigenvalue weighted by Gasteiger charge is 2.38. The molecule has 1 fully saturated rings. The third-order valence-corrected chi connectivity index (χ3v) is 3.41. The van der Waals surface area contributed by atoms with E-state index in [1.807, 2.05) is 7.11 Å². The molecule has 0 aromatic heterocycles. The summed E-state index contributed by atoms with van der Waals surface area (Å²) in [5, 5.41) is 3.58. The third kappa shape index (κ3) is 2.96. The van der Waals surface area contributed by atoms with Crippen molar-refractivity contribution in [3.8, 4) is 0 Å². The van der Waals surface area contributed by atoms with Gasteiger partial charge in [-0.2, -0.15) is 0 Å². The first-order valence-electron chi connectivity index (χ1n) is 6.00. The van der Waals surface area contributed by atoms with Crippen molar-refractivity contribution in [3.05, 3.63) is 0 Å². The normalized spacial score (nSPS) is 23.1. The summed E-state index contributed by atoms with van der Waals surface area (Å²) in [4.78, 5) is 0. The van der Waals surface area contributed by atoms with Crippen molar-refractivity contribution in [3.63, 3.8) is 0 Å². The minimum absolute atomic E-state index is 0.435. The van der Waals surface area contributed by atoms with Gasteiger partial charge in [-0.25, -0.2) is 0 Å². The van der Waals surface area contributed by atoms with Crippen LogP contribution in [0.2, 0.25) is 0 Å². The molecule has 84 valence electrons. The van der Waals surface area contributed by atoms with Gasteiger partial charge in [-0.05, 0) is 31.2 Å². The second-order valence-corrected chi connectivity index (χ2v) is 4.51. The molecular weight excluding hydrogens is 174 g/mol. The predicted octanol–water partition coefficient (Wildman–Crippen LogP) is 2.44. The SMILES string of the molecule is CCNC(C(C)CC)C(OC)C1CC1. The van der Waals surface area contributed by atoms with Crippen LogP contribution in [-0.2, 0) is 4.74 Å². The maximum absolute atomic E-state index is 5.65. The Morgan fingerprint density at radius 3 is 2.36 bits per heavy atom. The van der Waals surface area contributed by atoms with E-state index in [0.29, 0.717) is 18.1 Å². The van der Waals surface area contributed by atoms with Crippen molar-refractivity contribution in [2.24, 2.45) is 11.8 Å². The Morgan fingerprint density at radius 1 is 1.36 bits per heavy atom. The lowest BCUT2D eigenvalue weighted by Crippen LogP contribution is -2.46. The molecule has 0 spiro atoms. The standard InChI is InChI=1S/C12H25NO/c1-5-9(3)11(13-6-2)12(14-4)10-7-8-10/h9-13H,5-8H2,1-4H3. The van der Waals surface area contributed by atoms with E-state index in [4.69, 9.17) is 4.74 Å². The Kier molecular flexibility index (Phi) is 4.90. The van der Waals surface area contributed by atoms with E-state index >= 15 is 0 Å². The summed E-state index contributed by atoms with van der Waals surface area (Å²) in [5.41, 5.74) is 0. The number of hydrogen-bond donors (Lipinski definition) is 1. The van der Waals surface area contributed by atoms with Crippen molar-refractivity contribution in [2.75, 3.05) is 13.7 Å². The molecular formula is C12H25NO. The summed E-state index contributed by atoms with van der Waals surface area (Å²) in [6.45, 7) is 7.80. The average molecular weight is 199 g/mol. The van der Waals surface area contributed by atoms with Gasteiger partial charge < -0.3 is 10.1 Å². The summed E-state index contributed by atoms with van der Waals surface area (Å²) >= 11 is 0. The zero-order chi connectivity index (χ0) is 10.6. The molecule has 0 aliphatic heterocycles. The van der Waals surface area contributed by atoms with Crippen LogP contribution in [0.5, 0.6) is 0 Å². The van der Waals surface area contributed by atoms with Crippen molar-refractivity contribution in [2.45, 2.75) is 52.2 Å². The summed E-state index contributed by atoms with van der Waals surface area (Å²) in [7, 11) is 1.86. The van der Waals surface area contributed by atoms with E-state index < -0.39 is 0 Å². The maximum atomic E-state index is 5.65. The molecule has 0 radical (unpaired) electrons. The second kappa shape index (κ2) is 5.72. The lowest BCUT2D eigenvalue weighted by molar-refractivity contribution is 0.0337. The monoisotopic (exact) mass is 199 g/mol. The molecule has 3 unspecified atom stereocenters. The maximum Gasteiger partial charge on any atom is 0.0754 e. The van der Waals surface area contributed by atoms with Crippen LogP contribution in [0.4, 0.5) is 0 Å². The van der Waals surface area contributed by atoms with Gasteiger partial charge in [0.05, 0.1) is 6.10 Å². The smallest absolute Gasteiger partial charge is 0.0754 e. The van der Waals surface area contributed by atoms with Gasteiger partial charge in [-0.3, -0.25) is 0 Å². The Balaban J connectivity index is 2.53. The van der Waals surface area contributed by atoms with Crippen molar-refractivity contribution in [1.29, 1.82) is 0 Å². The Hall–Kier alpha value is -0.0800. The first-order chi connectivity index (χ1) is 6.74. The number of hydrogen-bond acceptors (Lipinski definition) is 2. The van der Waals surface area contributed by atoms with Crippen molar-refractivity contribution in [1.82, 2.24) is 5.32 Å². The van der Waals surface area contributed by atoms with Crippen LogP contribution in [0.15, 0.2) is 0 Å². The molecule has 0 aromatic carbocycles. The highest BCUT2D eigenvalue weighted by atomic mass is 16.5. The molecule has 0 saturated heterocycles. The topological polar surface area (TPSA) is 21.3 Å². The highest BCUT2D eigenvalue weighted by Crippen LogP contribution is 2.37. The molecule has 3 atom stereocenters. The Bertz CT molecular complexity index is 156. The van der Waals surface area contributed by atoms with Crippen LogP contribution >= 0.6 is 0 Å². The van der Waals surface area contributed by atoms with E-state index in [1.165, 1.54) is 19.3 Å². The van der Waals surface area contributed by atoms with E-state index in [-0.39, 0.29) is 0 Å². The number of nitrogens with one attached hydrogen (secondary N) is 1. The van der Waals surface area contributed by atoms with Crippen molar-refractivity contribution >= 4 is 0 Å². The van der Waals surface area contributed by atoms with Gasteiger partial charge in [0.1, 0.15) is 0 Å². The van der Waals surface area contributed by atoms with Gasteiger partial charge in [0.25, 0.3) is 0 Å². The molecule has 1 N–H and O–H groups in total. The zero-order valence-corrected chi connectivity index (χ0v) is 10.0. The van der Waals surface area contributed by atoms with E-state index in [1.54, 1.807) is 0 Å². The molecule has 2 nitrogen and oxygen atoms in total. The number of likely N-dealkylation sites (N-methyl/N-ethyl adjacent to an activating group) is 1. The molecule has 1 aliphatic rings. The summed E-state index contributed by atoms with van der Waals surface area (Å²) in [6.07, 6.45) is 4.38. The largest absolute Gasteiger partial charge is 0.380 e. The molecule has 1 rings (SSSR count). The second-order valence-electron chi connectivity index (χ2n) is 4.51. The van der Waals surface area contributed by atoms with Crippen molar-refractivity contribution < 1.29 is 4.74 Å². The minimum atomic E-state index is 0.435. The lowest BCUT2D eigenvalue weighted by atomic mass is 9.91. The van der Waals surface area contributed by atoms with Gasteiger partial charge in [0.2, 0.25) is 0 Å². The van der Waals surface area contributed by atoms with E-state index in [2.05, 4.69) is 26.1 Å². The van der Waals surface area contributed by atoms with Gasteiger partial charge in [0, 0.05) is 13.2 Å². The predicted molar refractivity (Wildman–Crippen MR) is 60.4 cm³/mol. The first kappa shape index (κ1) is 12.0. The fraction of sp³-hybridized carbons (Fsp3) is 1.00. The average Bonchev–Trinajstić information content (AvgIpc) is 3.00.